The summed E-state index contributed by atoms with van der Waals surface area (Å²) in [4.78, 5) is 40.9. The van der Waals surface area contributed by atoms with Gasteiger partial charge in [0.05, 0.1) is 7.11 Å². The van der Waals surface area contributed by atoms with Crippen molar-refractivity contribution in [2.45, 2.75) is 10.1 Å². The molecular weight excluding hydrogens is 618 g/mol. The number of nitrogens with one attached hydrogen (secondary N) is 3. The SMILES string of the molecule is COc1ccc(NC(=O)C(Sc2cccc(NC(=O)/C(=C\c3ccccc3Cl)NC(=O)c3ccccc3)c2)c2ccccc2)cc1. The summed E-state index contributed by atoms with van der Waals surface area (Å²) in [6, 6.07) is 39.4. The van der Waals surface area contributed by atoms with E-state index in [9.17, 15) is 14.4 Å². The summed E-state index contributed by atoms with van der Waals surface area (Å²) < 4.78 is 5.22. The van der Waals surface area contributed by atoms with E-state index in [-0.39, 0.29) is 11.6 Å². The Labute approximate surface area is 276 Å². The van der Waals surface area contributed by atoms with Crippen LogP contribution in [-0.2, 0) is 9.59 Å². The predicted octanol–water partition coefficient (Wildman–Crippen LogP) is 8.23. The second kappa shape index (κ2) is 15.6. The Morgan fingerprint density at radius 1 is 0.739 bits per heavy atom. The average Bonchev–Trinajstić information content (AvgIpc) is 3.09. The van der Waals surface area contributed by atoms with Gasteiger partial charge in [0.25, 0.3) is 11.8 Å². The normalized spacial score (nSPS) is 11.7. The number of amides is 3. The van der Waals surface area contributed by atoms with Crippen molar-refractivity contribution in [3.63, 3.8) is 0 Å². The van der Waals surface area contributed by atoms with E-state index < -0.39 is 17.1 Å². The number of hydrogen-bond acceptors (Lipinski definition) is 5. The maximum absolute atomic E-state index is 13.6. The molecule has 1 atom stereocenters. The van der Waals surface area contributed by atoms with Crippen LogP contribution in [-0.4, -0.2) is 24.8 Å². The van der Waals surface area contributed by atoms with E-state index in [0.717, 1.165) is 10.5 Å². The first-order valence-electron chi connectivity index (χ1n) is 14.3. The topological polar surface area (TPSA) is 96.5 Å². The van der Waals surface area contributed by atoms with E-state index in [1.54, 1.807) is 104 Å². The van der Waals surface area contributed by atoms with Crippen molar-refractivity contribution in [1.82, 2.24) is 5.32 Å². The molecule has 0 aliphatic rings. The fourth-order valence-electron chi connectivity index (χ4n) is 4.45. The van der Waals surface area contributed by atoms with Crippen LogP contribution in [0.1, 0.15) is 26.7 Å². The summed E-state index contributed by atoms with van der Waals surface area (Å²) in [7, 11) is 1.59. The van der Waals surface area contributed by atoms with Gasteiger partial charge in [-0.1, -0.05) is 84.4 Å². The van der Waals surface area contributed by atoms with Crippen LogP contribution in [0.3, 0.4) is 0 Å². The molecule has 7 nitrogen and oxygen atoms in total. The molecular formula is C37H30ClN3O4S. The van der Waals surface area contributed by atoms with Crippen molar-refractivity contribution in [1.29, 1.82) is 0 Å². The smallest absolute Gasteiger partial charge is 0.272 e. The molecule has 0 fully saturated rings. The third-order valence-electron chi connectivity index (χ3n) is 6.78. The van der Waals surface area contributed by atoms with Crippen LogP contribution in [0.2, 0.25) is 5.02 Å². The molecule has 3 N–H and O–H groups in total. The average molecular weight is 648 g/mol. The van der Waals surface area contributed by atoms with Crippen LogP contribution in [0.25, 0.3) is 6.08 Å². The molecule has 0 radical (unpaired) electrons. The van der Waals surface area contributed by atoms with Gasteiger partial charge in [0.1, 0.15) is 16.7 Å². The van der Waals surface area contributed by atoms with Gasteiger partial charge in [0.15, 0.2) is 0 Å². The lowest BCUT2D eigenvalue weighted by Gasteiger charge is -2.18. The van der Waals surface area contributed by atoms with Gasteiger partial charge in [0, 0.05) is 26.9 Å². The Morgan fingerprint density at radius 2 is 1.41 bits per heavy atom. The van der Waals surface area contributed by atoms with Crippen molar-refractivity contribution in [3.8, 4) is 5.75 Å². The van der Waals surface area contributed by atoms with Crippen LogP contribution in [0, 0.1) is 0 Å². The van der Waals surface area contributed by atoms with Crippen LogP contribution in [0.4, 0.5) is 11.4 Å². The summed E-state index contributed by atoms with van der Waals surface area (Å²) in [6.07, 6.45) is 1.53. The maximum Gasteiger partial charge on any atom is 0.272 e. The molecule has 9 heteroatoms. The zero-order chi connectivity index (χ0) is 32.3. The summed E-state index contributed by atoms with van der Waals surface area (Å²) in [6.45, 7) is 0. The van der Waals surface area contributed by atoms with Crippen molar-refractivity contribution in [2.75, 3.05) is 17.7 Å². The van der Waals surface area contributed by atoms with E-state index in [0.29, 0.717) is 33.3 Å². The molecule has 5 rings (SSSR count). The number of thioether (sulfide) groups is 1. The number of anilines is 2. The number of carbonyl (C=O) groups excluding carboxylic acids is 3. The molecule has 5 aromatic carbocycles. The van der Waals surface area contributed by atoms with Gasteiger partial charge in [-0.25, -0.2) is 0 Å². The third kappa shape index (κ3) is 8.65. The molecule has 5 aromatic rings. The Balaban J connectivity index is 1.37. The van der Waals surface area contributed by atoms with Crippen molar-refractivity contribution in [3.05, 3.63) is 161 Å². The highest BCUT2D eigenvalue weighted by Gasteiger charge is 2.23. The Bertz CT molecular complexity index is 1850. The minimum atomic E-state index is -0.588. The second-order valence-electron chi connectivity index (χ2n) is 10.0. The van der Waals surface area contributed by atoms with E-state index in [4.69, 9.17) is 16.3 Å². The Kier molecular flexibility index (Phi) is 10.9. The predicted molar refractivity (Wildman–Crippen MR) is 185 cm³/mol. The van der Waals surface area contributed by atoms with Gasteiger partial charge >= 0.3 is 0 Å². The molecule has 0 saturated carbocycles. The van der Waals surface area contributed by atoms with Gasteiger partial charge < -0.3 is 20.7 Å². The molecule has 46 heavy (non-hydrogen) atoms. The highest BCUT2D eigenvalue weighted by Crippen LogP contribution is 2.37. The molecule has 0 spiro atoms. The van der Waals surface area contributed by atoms with E-state index in [2.05, 4.69) is 16.0 Å². The van der Waals surface area contributed by atoms with Crippen molar-refractivity contribution in [2.24, 2.45) is 0 Å². The molecule has 0 bridgehead atoms. The molecule has 0 saturated heterocycles. The molecule has 0 heterocycles. The fourth-order valence-corrected chi connectivity index (χ4v) is 5.73. The summed E-state index contributed by atoms with van der Waals surface area (Å²) in [5.41, 5.74) is 2.93. The number of ether oxygens (including phenoxy) is 1. The van der Waals surface area contributed by atoms with Gasteiger partial charge in [0.2, 0.25) is 5.91 Å². The highest BCUT2D eigenvalue weighted by atomic mass is 35.5. The molecule has 0 aliphatic heterocycles. The first kappa shape index (κ1) is 32.1. The zero-order valence-electron chi connectivity index (χ0n) is 24.8. The van der Waals surface area contributed by atoms with E-state index in [1.165, 1.54) is 17.8 Å². The number of carbonyl (C=O) groups is 3. The van der Waals surface area contributed by atoms with Crippen molar-refractivity contribution < 1.29 is 19.1 Å². The van der Waals surface area contributed by atoms with Crippen molar-refractivity contribution >= 4 is 58.5 Å². The number of halogens is 1. The zero-order valence-corrected chi connectivity index (χ0v) is 26.3. The standard InChI is InChI=1S/C37H30ClN3O4S/c1-45-30-21-19-28(20-22-30)39-37(44)34(25-11-4-2-5-12-25)46-31-17-10-16-29(24-31)40-36(43)33(23-27-15-8-9-18-32(27)38)41-35(42)26-13-6-3-7-14-26/h2-24,34H,1H3,(H,39,44)(H,40,43)(H,41,42)/b33-23+. The molecule has 1 unspecified atom stereocenters. The third-order valence-corrected chi connectivity index (χ3v) is 8.37. The van der Waals surface area contributed by atoms with Gasteiger partial charge in [-0.05, 0) is 77.9 Å². The molecule has 3 amide bonds. The minimum absolute atomic E-state index is 0.0149. The van der Waals surface area contributed by atoms with Gasteiger partial charge in [-0.3, -0.25) is 14.4 Å². The summed E-state index contributed by atoms with van der Waals surface area (Å²) in [5.74, 6) is -0.491. The molecule has 0 aliphatic carbocycles. The lowest BCUT2D eigenvalue weighted by molar-refractivity contribution is -0.116. The van der Waals surface area contributed by atoms with Gasteiger partial charge in [-0.2, -0.15) is 0 Å². The first-order chi connectivity index (χ1) is 22.4. The Hall–Kier alpha value is -5.31. The largest absolute Gasteiger partial charge is 0.497 e. The Morgan fingerprint density at radius 3 is 2.11 bits per heavy atom. The van der Waals surface area contributed by atoms with Crippen LogP contribution >= 0.6 is 23.4 Å². The number of methoxy groups -OCH3 is 1. The first-order valence-corrected chi connectivity index (χ1v) is 15.6. The maximum atomic E-state index is 13.6. The van der Waals surface area contributed by atoms with E-state index in [1.807, 2.05) is 36.4 Å². The molecule has 0 aromatic heterocycles. The minimum Gasteiger partial charge on any atom is -0.497 e. The number of hydrogen-bond donors (Lipinski definition) is 3. The van der Waals surface area contributed by atoms with Gasteiger partial charge in [-0.15, -0.1) is 11.8 Å². The monoisotopic (exact) mass is 647 g/mol. The van der Waals surface area contributed by atoms with Crippen LogP contribution in [0.5, 0.6) is 5.75 Å². The number of benzene rings is 5. The van der Waals surface area contributed by atoms with Crippen LogP contribution in [0.15, 0.2) is 144 Å². The lowest BCUT2D eigenvalue weighted by atomic mass is 10.1. The lowest BCUT2D eigenvalue weighted by Crippen LogP contribution is -2.30. The number of rotatable bonds is 11. The quantitative estimate of drug-likeness (QED) is 0.0991. The second-order valence-corrected chi connectivity index (χ2v) is 11.6. The summed E-state index contributed by atoms with van der Waals surface area (Å²) in [5, 5.41) is 8.44. The molecule has 230 valence electrons. The fraction of sp³-hybridized carbons (Fsp3) is 0.0541. The van der Waals surface area contributed by atoms with E-state index >= 15 is 0 Å². The summed E-state index contributed by atoms with van der Waals surface area (Å²) >= 11 is 7.72. The van der Waals surface area contributed by atoms with Crippen LogP contribution < -0.4 is 20.7 Å². The highest BCUT2D eigenvalue weighted by molar-refractivity contribution is 8.00.